The molecular weight excluding hydrogens is 398 g/mol. The molecule has 0 aromatic heterocycles. The second-order valence-corrected chi connectivity index (χ2v) is 7.66. The van der Waals surface area contributed by atoms with Gasteiger partial charge in [-0.3, -0.25) is 9.69 Å². The molecule has 28 heavy (non-hydrogen) atoms. The van der Waals surface area contributed by atoms with E-state index < -0.39 is 12.0 Å². The lowest BCUT2D eigenvalue weighted by Crippen LogP contribution is -2.37. The topological polar surface area (TPSA) is 89.9 Å². The molecule has 2 aromatic carbocycles. The van der Waals surface area contributed by atoms with Gasteiger partial charge in [-0.05, 0) is 29.3 Å². The molecule has 0 radical (unpaired) electrons. The zero-order valence-electron chi connectivity index (χ0n) is 14.8. The van der Waals surface area contributed by atoms with E-state index in [4.69, 9.17) is 17.0 Å². The third-order valence-electron chi connectivity index (χ3n) is 4.18. The maximum atomic E-state index is 13.0. The molecule has 0 unspecified atom stereocenters. The van der Waals surface area contributed by atoms with Gasteiger partial charge in [0, 0.05) is 12.4 Å². The van der Waals surface area contributed by atoms with E-state index in [9.17, 15) is 19.8 Å². The van der Waals surface area contributed by atoms with E-state index in [0.717, 1.165) is 11.8 Å². The molecule has 0 bridgehead atoms. The first kappa shape index (κ1) is 19.9. The molecule has 6 nitrogen and oxygen atoms in total. The molecule has 1 atom stereocenters. The van der Waals surface area contributed by atoms with Crippen LogP contribution in [-0.2, 0) is 9.59 Å². The number of carbonyl (C=O) groups is 2. The Hall–Kier alpha value is -2.84. The van der Waals surface area contributed by atoms with Crippen molar-refractivity contribution < 1.29 is 24.5 Å². The number of hydrogen-bond acceptors (Lipinski definition) is 7. The lowest BCUT2D eigenvalue weighted by molar-refractivity contribution is -0.306. The minimum absolute atomic E-state index is 0.00898. The fraction of sp³-hybridized carbons (Fsp3) is 0.150. The first-order valence-corrected chi connectivity index (χ1v) is 9.52. The third kappa shape index (κ3) is 4.18. The monoisotopic (exact) mass is 414 g/mol. The minimum atomic E-state index is -1.27. The van der Waals surface area contributed by atoms with Gasteiger partial charge in [-0.2, -0.15) is 0 Å². The Kier molecular flexibility index (Phi) is 6.01. The number of aromatic hydroxyl groups is 1. The average molecular weight is 414 g/mol. The summed E-state index contributed by atoms with van der Waals surface area (Å²) in [7, 11) is 1.43. The van der Waals surface area contributed by atoms with Crippen LogP contribution >= 0.6 is 24.0 Å². The molecule has 1 saturated heterocycles. The summed E-state index contributed by atoms with van der Waals surface area (Å²) in [6.45, 7) is 0. The molecule has 3 rings (SSSR count). The van der Waals surface area contributed by atoms with Gasteiger partial charge in [-0.25, -0.2) is 0 Å². The molecule has 1 aliphatic rings. The number of nitrogens with zero attached hydrogens (tertiary/aromatic N) is 1. The van der Waals surface area contributed by atoms with Crippen LogP contribution < -0.4 is 9.84 Å². The van der Waals surface area contributed by atoms with Crippen LogP contribution in [0.2, 0.25) is 0 Å². The maximum Gasteiger partial charge on any atom is 0.266 e. The number of ether oxygens (including phenoxy) is 1. The molecule has 1 N–H and O–H groups in total. The van der Waals surface area contributed by atoms with Crippen molar-refractivity contribution >= 4 is 46.3 Å². The number of hydrogen-bond donors (Lipinski definition) is 1. The van der Waals surface area contributed by atoms with Crippen molar-refractivity contribution in [2.24, 2.45) is 0 Å². The van der Waals surface area contributed by atoms with E-state index in [1.807, 2.05) is 6.07 Å². The van der Waals surface area contributed by atoms with Gasteiger partial charge >= 0.3 is 0 Å². The van der Waals surface area contributed by atoms with Crippen molar-refractivity contribution in [2.45, 2.75) is 12.5 Å². The predicted molar refractivity (Wildman–Crippen MR) is 108 cm³/mol. The number of methoxy groups -OCH3 is 1. The van der Waals surface area contributed by atoms with Gasteiger partial charge in [0.25, 0.3) is 5.91 Å². The third-order valence-corrected chi connectivity index (χ3v) is 5.51. The zero-order valence-corrected chi connectivity index (χ0v) is 16.5. The summed E-state index contributed by atoms with van der Waals surface area (Å²) in [5, 5.41) is 21.0. The van der Waals surface area contributed by atoms with E-state index in [2.05, 4.69) is 0 Å². The van der Waals surface area contributed by atoms with Crippen molar-refractivity contribution in [1.82, 2.24) is 4.90 Å². The van der Waals surface area contributed by atoms with Crippen molar-refractivity contribution in [2.75, 3.05) is 7.11 Å². The number of thioether (sulfide) groups is 1. The van der Waals surface area contributed by atoms with Crippen molar-refractivity contribution in [3.8, 4) is 11.5 Å². The van der Waals surface area contributed by atoms with E-state index in [-0.39, 0.29) is 28.1 Å². The Balaban J connectivity index is 1.94. The highest BCUT2D eigenvalue weighted by molar-refractivity contribution is 8.26. The second kappa shape index (κ2) is 8.45. The summed E-state index contributed by atoms with van der Waals surface area (Å²) in [4.78, 5) is 25.9. The Labute approximate surface area is 171 Å². The highest BCUT2D eigenvalue weighted by Gasteiger charge is 2.37. The maximum absolute atomic E-state index is 13.0. The summed E-state index contributed by atoms with van der Waals surface area (Å²) in [5.74, 6) is -1.37. The van der Waals surface area contributed by atoms with Crippen LogP contribution in [0.3, 0.4) is 0 Å². The highest BCUT2D eigenvalue weighted by Crippen LogP contribution is 2.40. The number of aliphatic carboxylic acids is 1. The number of benzene rings is 2. The number of amides is 1. The van der Waals surface area contributed by atoms with Gasteiger partial charge in [0.2, 0.25) is 0 Å². The minimum Gasteiger partial charge on any atom is -0.550 e. The number of phenolic OH excluding ortho intramolecular Hbond substituents is 1. The lowest BCUT2D eigenvalue weighted by Gasteiger charge is -2.27. The fourth-order valence-electron chi connectivity index (χ4n) is 2.88. The summed E-state index contributed by atoms with van der Waals surface area (Å²) < 4.78 is 5.35. The molecule has 8 heteroatoms. The molecule has 144 valence electrons. The van der Waals surface area contributed by atoms with Crippen LogP contribution in [0, 0.1) is 0 Å². The van der Waals surface area contributed by atoms with Gasteiger partial charge in [-0.15, -0.1) is 0 Å². The van der Waals surface area contributed by atoms with E-state index >= 15 is 0 Å². The number of carboxylic acids is 1. The Morgan fingerprint density at radius 3 is 2.68 bits per heavy atom. The van der Waals surface area contributed by atoms with Gasteiger partial charge in [0.1, 0.15) is 4.32 Å². The molecule has 0 spiro atoms. The van der Waals surface area contributed by atoms with Crippen LogP contribution in [0.1, 0.15) is 23.6 Å². The Morgan fingerprint density at radius 1 is 1.32 bits per heavy atom. The summed E-state index contributed by atoms with van der Waals surface area (Å²) in [6, 6.07) is 12.8. The molecular formula is C20H16NO5S2-. The quantitative estimate of drug-likeness (QED) is 0.574. The Bertz CT molecular complexity index is 958. The number of carbonyl (C=O) groups excluding carboxylic acids is 2. The van der Waals surface area contributed by atoms with Crippen molar-refractivity contribution in [1.29, 1.82) is 0 Å². The first-order valence-electron chi connectivity index (χ1n) is 8.29. The van der Waals surface area contributed by atoms with Crippen LogP contribution in [-0.4, -0.2) is 33.3 Å². The first-order chi connectivity index (χ1) is 13.4. The molecule has 1 aliphatic heterocycles. The van der Waals surface area contributed by atoms with Crippen LogP contribution in [0.25, 0.3) is 6.08 Å². The van der Waals surface area contributed by atoms with Crippen LogP contribution in [0.5, 0.6) is 11.5 Å². The predicted octanol–water partition coefficient (Wildman–Crippen LogP) is 2.48. The number of thiocarbonyl (C=S) groups is 1. The van der Waals surface area contributed by atoms with Crippen molar-refractivity contribution in [3.63, 3.8) is 0 Å². The number of rotatable bonds is 6. The van der Waals surface area contributed by atoms with Crippen molar-refractivity contribution in [3.05, 3.63) is 64.6 Å². The van der Waals surface area contributed by atoms with E-state index in [1.165, 1.54) is 18.1 Å². The molecule has 0 aliphatic carbocycles. The summed E-state index contributed by atoms with van der Waals surface area (Å²) in [5.41, 5.74) is 1.31. The van der Waals surface area contributed by atoms with E-state index in [0.29, 0.717) is 16.0 Å². The van der Waals surface area contributed by atoms with E-state index in [1.54, 1.807) is 42.5 Å². The standard InChI is InChI=1S/C20H17NO5S2/c1-26-16-9-12(7-8-15(16)22)10-17-19(25)21(20(27)28-17)14(11-18(23)24)13-5-3-2-4-6-13/h2-10,14,22H,11H2,1H3,(H,23,24)/p-1/b17-10-/t14-/m0/s1. The number of carboxylic acid groups (broad SMARTS) is 1. The molecule has 2 aromatic rings. The normalized spacial score (nSPS) is 16.5. The summed E-state index contributed by atoms with van der Waals surface area (Å²) >= 11 is 6.46. The van der Waals surface area contributed by atoms with Gasteiger partial charge in [0.15, 0.2) is 11.5 Å². The molecule has 0 saturated carbocycles. The summed E-state index contributed by atoms with van der Waals surface area (Å²) in [6.07, 6.45) is 1.26. The lowest BCUT2D eigenvalue weighted by atomic mass is 10.0. The fourth-order valence-corrected chi connectivity index (χ4v) is 4.23. The molecule has 1 fully saturated rings. The average Bonchev–Trinajstić information content (AvgIpc) is 2.95. The molecule has 1 amide bonds. The van der Waals surface area contributed by atoms with Gasteiger partial charge in [0.05, 0.1) is 18.1 Å². The largest absolute Gasteiger partial charge is 0.550 e. The van der Waals surface area contributed by atoms with Gasteiger partial charge < -0.3 is 19.7 Å². The highest BCUT2D eigenvalue weighted by atomic mass is 32.2. The van der Waals surface area contributed by atoms with Crippen LogP contribution in [0.4, 0.5) is 0 Å². The second-order valence-electron chi connectivity index (χ2n) is 5.99. The van der Waals surface area contributed by atoms with Gasteiger partial charge in [-0.1, -0.05) is 60.4 Å². The smallest absolute Gasteiger partial charge is 0.266 e. The zero-order chi connectivity index (χ0) is 20.3. The number of phenols is 1. The molecule has 1 heterocycles. The van der Waals surface area contributed by atoms with Crippen LogP contribution in [0.15, 0.2) is 53.4 Å². The Morgan fingerprint density at radius 2 is 2.04 bits per heavy atom. The SMILES string of the molecule is COc1cc(/C=C2\SC(=S)N([C@@H](CC(=O)[O-])c3ccccc3)C2=O)ccc1O.